The summed E-state index contributed by atoms with van der Waals surface area (Å²) in [6, 6.07) is 2.55. The van der Waals surface area contributed by atoms with Crippen LogP contribution in [0.3, 0.4) is 0 Å². The zero-order valence-corrected chi connectivity index (χ0v) is 9.38. The third-order valence-electron chi connectivity index (χ3n) is 2.53. The summed E-state index contributed by atoms with van der Waals surface area (Å²) in [7, 11) is 0. The maximum Gasteiger partial charge on any atom is 0.416 e. The Morgan fingerprint density at radius 3 is 2.61 bits per heavy atom. The van der Waals surface area contributed by atoms with Gasteiger partial charge in [0, 0.05) is 17.1 Å². The average molecular weight is 257 g/mol. The van der Waals surface area contributed by atoms with Gasteiger partial charge in [0.15, 0.2) is 0 Å². The molecule has 0 aliphatic heterocycles. The van der Waals surface area contributed by atoms with E-state index in [1.54, 1.807) is 6.92 Å². The molecule has 0 saturated heterocycles. The van der Waals surface area contributed by atoms with Crippen molar-refractivity contribution in [3.63, 3.8) is 0 Å². The van der Waals surface area contributed by atoms with Gasteiger partial charge < -0.3 is 10.7 Å². The number of H-pyrrole nitrogens is 1. The third-order valence-corrected chi connectivity index (χ3v) is 2.53. The van der Waals surface area contributed by atoms with E-state index in [4.69, 9.17) is 5.73 Å². The smallest absolute Gasteiger partial charge is 0.323 e. The van der Waals surface area contributed by atoms with Crippen LogP contribution in [-0.4, -0.2) is 9.97 Å². The van der Waals surface area contributed by atoms with Crippen molar-refractivity contribution in [2.75, 3.05) is 0 Å². The molecule has 0 fully saturated rings. The standard InChI is InChI=1S/C11H10F3N3O/c1-5(15)9-7-3-2-6(11(12,13)14)4-8(7)16-10(18)17-9/h2-5H,15H2,1H3,(H,16,17,18). The van der Waals surface area contributed by atoms with Gasteiger partial charge in [-0.2, -0.15) is 18.2 Å². The lowest BCUT2D eigenvalue weighted by atomic mass is 10.1. The number of aromatic nitrogens is 2. The minimum Gasteiger partial charge on any atom is -0.323 e. The Labute approximate surface area is 99.6 Å². The lowest BCUT2D eigenvalue weighted by molar-refractivity contribution is -0.137. The number of nitrogens with two attached hydrogens (primary N) is 1. The molecular formula is C11H10F3N3O. The molecule has 0 bridgehead atoms. The number of hydrogen-bond acceptors (Lipinski definition) is 3. The second-order valence-corrected chi connectivity index (χ2v) is 3.97. The van der Waals surface area contributed by atoms with Crippen molar-refractivity contribution < 1.29 is 13.2 Å². The Bertz CT molecular complexity index is 646. The molecule has 1 aromatic carbocycles. The highest BCUT2D eigenvalue weighted by atomic mass is 19.4. The molecule has 4 nitrogen and oxygen atoms in total. The molecule has 1 aromatic heterocycles. The monoisotopic (exact) mass is 257 g/mol. The molecule has 96 valence electrons. The van der Waals surface area contributed by atoms with E-state index in [1.807, 2.05) is 0 Å². The van der Waals surface area contributed by atoms with Gasteiger partial charge in [0.25, 0.3) is 0 Å². The summed E-state index contributed by atoms with van der Waals surface area (Å²) in [4.78, 5) is 17.2. The van der Waals surface area contributed by atoms with Gasteiger partial charge in [0.1, 0.15) is 0 Å². The van der Waals surface area contributed by atoms with Crippen molar-refractivity contribution in [3.05, 3.63) is 39.9 Å². The van der Waals surface area contributed by atoms with Gasteiger partial charge in [0.2, 0.25) is 0 Å². The fourth-order valence-corrected chi connectivity index (χ4v) is 1.71. The highest BCUT2D eigenvalue weighted by Gasteiger charge is 2.30. The first kappa shape index (κ1) is 12.6. The number of alkyl halides is 3. The summed E-state index contributed by atoms with van der Waals surface area (Å²) < 4.78 is 37.6. The number of hydrogen-bond donors (Lipinski definition) is 2. The number of benzene rings is 1. The number of halogens is 3. The Morgan fingerprint density at radius 1 is 1.39 bits per heavy atom. The first-order chi connectivity index (χ1) is 8.29. The summed E-state index contributed by atoms with van der Waals surface area (Å²) in [5.41, 5.74) is 4.46. The van der Waals surface area contributed by atoms with Crippen molar-refractivity contribution in [3.8, 4) is 0 Å². The highest BCUT2D eigenvalue weighted by molar-refractivity contribution is 5.81. The van der Waals surface area contributed by atoms with Crippen LogP contribution in [0.2, 0.25) is 0 Å². The molecular weight excluding hydrogens is 247 g/mol. The van der Waals surface area contributed by atoms with Crippen LogP contribution in [0, 0.1) is 0 Å². The topological polar surface area (TPSA) is 71.8 Å². The summed E-state index contributed by atoms with van der Waals surface area (Å²) in [6.07, 6.45) is -4.47. The lowest BCUT2D eigenvalue weighted by Crippen LogP contribution is -2.18. The molecule has 0 spiro atoms. The minimum atomic E-state index is -4.47. The molecule has 1 heterocycles. The number of nitrogens with one attached hydrogen (secondary N) is 1. The van der Waals surface area contributed by atoms with E-state index in [0.717, 1.165) is 12.1 Å². The van der Waals surface area contributed by atoms with Crippen LogP contribution in [0.15, 0.2) is 23.0 Å². The average Bonchev–Trinajstić information content (AvgIpc) is 2.25. The van der Waals surface area contributed by atoms with Crippen LogP contribution >= 0.6 is 0 Å². The summed E-state index contributed by atoms with van der Waals surface area (Å²) in [5.74, 6) is 0. The SMILES string of the molecule is CC(N)c1[nH]c(=O)nc2cc(C(F)(F)F)ccc12. The molecule has 2 aromatic rings. The molecule has 0 aliphatic rings. The second-order valence-electron chi connectivity index (χ2n) is 3.97. The fraction of sp³-hybridized carbons (Fsp3) is 0.273. The summed E-state index contributed by atoms with van der Waals surface area (Å²) in [5, 5.41) is 0.414. The number of nitrogens with zero attached hydrogens (tertiary/aromatic N) is 1. The van der Waals surface area contributed by atoms with Gasteiger partial charge >= 0.3 is 11.9 Å². The van der Waals surface area contributed by atoms with Crippen molar-refractivity contribution in [2.45, 2.75) is 19.1 Å². The zero-order valence-electron chi connectivity index (χ0n) is 9.38. The first-order valence-corrected chi connectivity index (χ1v) is 5.16. The van der Waals surface area contributed by atoms with Crippen molar-refractivity contribution >= 4 is 10.9 Å². The highest BCUT2D eigenvalue weighted by Crippen LogP contribution is 2.31. The first-order valence-electron chi connectivity index (χ1n) is 5.16. The molecule has 18 heavy (non-hydrogen) atoms. The molecule has 1 unspecified atom stereocenters. The van der Waals surface area contributed by atoms with E-state index in [0.29, 0.717) is 11.1 Å². The van der Waals surface area contributed by atoms with Gasteiger partial charge in [-0.05, 0) is 19.1 Å². The van der Waals surface area contributed by atoms with Crippen molar-refractivity contribution in [1.29, 1.82) is 0 Å². The lowest BCUT2D eigenvalue weighted by Gasteiger charge is -2.11. The quantitative estimate of drug-likeness (QED) is 0.820. The van der Waals surface area contributed by atoms with E-state index in [-0.39, 0.29) is 5.52 Å². The Morgan fingerprint density at radius 2 is 2.06 bits per heavy atom. The van der Waals surface area contributed by atoms with Crippen LogP contribution in [0.5, 0.6) is 0 Å². The molecule has 2 rings (SSSR count). The van der Waals surface area contributed by atoms with E-state index in [1.165, 1.54) is 6.07 Å². The molecule has 0 aliphatic carbocycles. The normalized spacial score (nSPS) is 13.8. The molecule has 0 saturated carbocycles. The molecule has 3 N–H and O–H groups in total. The van der Waals surface area contributed by atoms with E-state index >= 15 is 0 Å². The maximum atomic E-state index is 12.5. The molecule has 0 radical (unpaired) electrons. The molecule has 7 heteroatoms. The van der Waals surface area contributed by atoms with Crippen LogP contribution < -0.4 is 11.4 Å². The van der Waals surface area contributed by atoms with Crippen molar-refractivity contribution in [1.82, 2.24) is 9.97 Å². The van der Waals surface area contributed by atoms with E-state index in [2.05, 4.69) is 9.97 Å². The van der Waals surface area contributed by atoms with Crippen LogP contribution in [0.1, 0.15) is 24.2 Å². The zero-order chi connectivity index (χ0) is 13.5. The van der Waals surface area contributed by atoms with E-state index < -0.39 is 23.5 Å². The summed E-state index contributed by atoms with van der Waals surface area (Å²) in [6.45, 7) is 1.63. The van der Waals surface area contributed by atoms with Crippen LogP contribution in [0.25, 0.3) is 10.9 Å². The minimum absolute atomic E-state index is 0.0131. The third kappa shape index (κ3) is 2.21. The van der Waals surface area contributed by atoms with Crippen LogP contribution in [0.4, 0.5) is 13.2 Å². The number of fused-ring (bicyclic) bond motifs is 1. The molecule has 0 amide bonds. The Hall–Kier alpha value is -1.89. The maximum absolute atomic E-state index is 12.5. The molecule has 1 atom stereocenters. The summed E-state index contributed by atoms with van der Waals surface area (Å²) >= 11 is 0. The van der Waals surface area contributed by atoms with Gasteiger partial charge in [-0.25, -0.2) is 4.79 Å². The van der Waals surface area contributed by atoms with Gasteiger partial charge in [-0.1, -0.05) is 6.07 Å². The number of rotatable bonds is 1. The van der Waals surface area contributed by atoms with Crippen LogP contribution in [-0.2, 0) is 6.18 Å². The predicted octanol–water partition coefficient (Wildman–Crippen LogP) is 1.96. The number of aromatic amines is 1. The van der Waals surface area contributed by atoms with Gasteiger partial charge in [0.05, 0.1) is 11.1 Å². The van der Waals surface area contributed by atoms with Gasteiger partial charge in [-0.3, -0.25) is 0 Å². The van der Waals surface area contributed by atoms with Crippen molar-refractivity contribution in [2.24, 2.45) is 5.73 Å². The van der Waals surface area contributed by atoms with Gasteiger partial charge in [-0.15, -0.1) is 0 Å². The predicted molar refractivity (Wildman–Crippen MR) is 60.0 cm³/mol. The Balaban J connectivity index is 2.76. The Kier molecular flexibility index (Phi) is 2.86. The largest absolute Gasteiger partial charge is 0.416 e. The fourth-order valence-electron chi connectivity index (χ4n) is 1.71. The second kappa shape index (κ2) is 4.09. The van der Waals surface area contributed by atoms with E-state index in [9.17, 15) is 18.0 Å².